The Hall–Kier alpha value is -0.610. The molecule has 0 aliphatic heterocycles. The first-order valence-electron chi connectivity index (χ1n) is 4.06. The van der Waals surface area contributed by atoms with Gasteiger partial charge in [-0.25, -0.2) is 0 Å². The van der Waals surface area contributed by atoms with Crippen LogP contribution in [0.1, 0.15) is 33.1 Å². The van der Waals surface area contributed by atoms with Crippen molar-refractivity contribution >= 4 is 5.97 Å². The third-order valence-electron chi connectivity index (χ3n) is 1.42. The summed E-state index contributed by atoms with van der Waals surface area (Å²) >= 11 is 0. The number of carbonyl (C=O) groups is 1. The maximum Gasteiger partial charge on any atom is 0.303 e. The molecule has 0 spiro atoms. The molecule has 4 heteroatoms. The molecule has 0 saturated heterocycles. The molecule has 0 rings (SSSR count). The number of carboxylic acid groups (broad SMARTS) is 1. The fourth-order valence-corrected chi connectivity index (χ4v) is 0.733. The fraction of sp³-hybridized carbons (Fsp3) is 0.875. The predicted molar refractivity (Wildman–Crippen MR) is 43.7 cm³/mol. The molecule has 0 amide bonds. The van der Waals surface area contributed by atoms with Crippen LogP contribution in [-0.4, -0.2) is 28.6 Å². The van der Waals surface area contributed by atoms with Crippen molar-refractivity contribution in [3.8, 4) is 0 Å². The van der Waals surface area contributed by atoms with Crippen LogP contribution in [0.15, 0.2) is 0 Å². The molecule has 0 aromatic rings. The Morgan fingerprint density at radius 3 is 2.58 bits per heavy atom. The van der Waals surface area contributed by atoms with Crippen molar-refractivity contribution in [2.45, 2.75) is 38.9 Å². The summed E-state index contributed by atoms with van der Waals surface area (Å²) in [5.41, 5.74) is 0. The van der Waals surface area contributed by atoms with E-state index in [9.17, 15) is 9.90 Å². The fourth-order valence-electron chi connectivity index (χ4n) is 0.733. The zero-order valence-corrected chi connectivity index (χ0v) is 7.54. The van der Waals surface area contributed by atoms with E-state index < -0.39 is 11.8 Å². The number of ether oxygens (including phenoxy) is 1. The van der Waals surface area contributed by atoms with Crippen LogP contribution in [0, 0.1) is 0 Å². The minimum absolute atomic E-state index is 0.0727. The lowest BCUT2D eigenvalue weighted by molar-refractivity contribution is -0.196. The number of hydrogen-bond acceptors (Lipinski definition) is 3. The number of aliphatic hydroxyl groups is 1. The van der Waals surface area contributed by atoms with Gasteiger partial charge in [-0.1, -0.05) is 6.92 Å². The van der Waals surface area contributed by atoms with Gasteiger partial charge in [-0.2, -0.15) is 0 Å². The van der Waals surface area contributed by atoms with Crippen LogP contribution < -0.4 is 0 Å². The second-order valence-corrected chi connectivity index (χ2v) is 2.92. The number of aliphatic carboxylic acids is 1. The van der Waals surface area contributed by atoms with E-state index in [0.29, 0.717) is 6.61 Å². The van der Waals surface area contributed by atoms with Crippen LogP contribution in [0.5, 0.6) is 0 Å². The second kappa shape index (κ2) is 5.11. The first-order chi connectivity index (χ1) is 5.48. The molecule has 72 valence electrons. The van der Waals surface area contributed by atoms with Gasteiger partial charge in [-0.15, -0.1) is 0 Å². The third kappa shape index (κ3) is 6.12. The lowest BCUT2D eigenvalue weighted by Crippen LogP contribution is -2.29. The lowest BCUT2D eigenvalue weighted by atomic mass is 10.2. The van der Waals surface area contributed by atoms with E-state index in [4.69, 9.17) is 9.84 Å². The van der Waals surface area contributed by atoms with Gasteiger partial charge in [0.2, 0.25) is 0 Å². The average molecular weight is 176 g/mol. The van der Waals surface area contributed by atoms with Gasteiger partial charge in [0.25, 0.3) is 0 Å². The third-order valence-corrected chi connectivity index (χ3v) is 1.42. The quantitative estimate of drug-likeness (QED) is 0.592. The number of hydrogen-bond donors (Lipinski definition) is 2. The van der Waals surface area contributed by atoms with Gasteiger partial charge in [0.15, 0.2) is 5.79 Å². The van der Waals surface area contributed by atoms with E-state index in [-0.39, 0.29) is 12.8 Å². The highest BCUT2D eigenvalue weighted by molar-refractivity contribution is 5.66. The second-order valence-electron chi connectivity index (χ2n) is 2.92. The van der Waals surface area contributed by atoms with Crippen molar-refractivity contribution in [2.75, 3.05) is 6.61 Å². The van der Waals surface area contributed by atoms with E-state index >= 15 is 0 Å². The van der Waals surface area contributed by atoms with Crippen LogP contribution in [0.2, 0.25) is 0 Å². The summed E-state index contributed by atoms with van der Waals surface area (Å²) in [6, 6.07) is 0. The molecule has 0 heterocycles. The summed E-state index contributed by atoms with van der Waals surface area (Å²) < 4.78 is 5.02. The first kappa shape index (κ1) is 11.4. The Labute approximate surface area is 72.2 Å². The minimum Gasteiger partial charge on any atom is -0.481 e. The summed E-state index contributed by atoms with van der Waals surface area (Å²) in [6.45, 7) is 3.85. The largest absolute Gasteiger partial charge is 0.481 e. The van der Waals surface area contributed by atoms with Crippen LogP contribution in [0.25, 0.3) is 0 Å². The van der Waals surface area contributed by atoms with Crippen molar-refractivity contribution in [2.24, 2.45) is 0 Å². The molecular weight excluding hydrogens is 160 g/mol. The Morgan fingerprint density at radius 2 is 2.17 bits per heavy atom. The highest BCUT2D eigenvalue weighted by Crippen LogP contribution is 2.13. The number of carboxylic acids is 1. The molecule has 1 atom stereocenters. The Kier molecular flexibility index (Phi) is 4.85. The molecule has 0 radical (unpaired) electrons. The van der Waals surface area contributed by atoms with Crippen molar-refractivity contribution in [3.05, 3.63) is 0 Å². The summed E-state index contributed by atoms with van der Waals surface area (Å²) in [4.78, 5) is 10.2. The predicted octanol–water partition coefficient (Wildman–Crippen LogP) is 0.986. The maximum atomic E-state index is 10.2. The van der Waals surface area contributed by atoms with Crippen LogP contribution in [0.3, 0.4) is 0 Å². The Bertz CT molecular complexity index is 142. The van der Waals surface area contributed by atoms with E-state index in [1.165, 1.54) is 6.92 Å². The molecule has 0 fully saturated rings. The molecule has 2 N–H and O–H groups in total. The monoisotopic (exact) mass is 176 g/mol. The average Bonchev–Trinajstić information content (AvgIpc) is 1.98. The standard InChI is InChI=1S/C8H16O4/c1-3-6-12-8(2,11)5-4-7(9)10/h11H,3-6H2,1-2H3,(H,9,10). The van der Waals surface area contributed by atoms with Gasteiger partial charge in [0.05, 0.1) is 6.42 Å². The van der Waals surface area contributed by atoms with Gasteiger partial charge in [0, 0.05) is 13.0 Å². The van der Waals surface area contributed by atoms with E-state index in [1.807, 2.05) is 6.92 Å². The van der Waals surface area contributed by atoms with Gasteiger partial charge < -0.3 is 14.9 Å². The molecule has 0 aliphatic rings. The highest BCUT2D eigenvalue weighted by Gasteiger charge is 2.21. The molecule has 0 bridgehead atoms. The van der Waals surface area contributed by atoms with E-state index in [2.05, 4.69) is 0 Å². The molecule has 12 heavy (non-hydrogen) atoms. The molecule has 4 nitrogen and oxygen atoms in total. The topological polar surface area (TPSA) is 66.8 Å². The minimum atomic E-state index is -1.30. The van der Waals surface area contributed by atoms with E-state index in [0.717, 1.165) is 6.42 Å². The molecule has 1 unspecified atom stereocenters. The van der Waals surface area contributed by atoms with Gasteiger partial charge in [0.1, 0.15) is 0 Å². The summed E-state index contributed by atoms with van der Waals surface area (Å²) in [7, 11) is 0. The summed E-state index contributed by atoms with van der Waals surface area (Å²) in [5, 5.41) is 17.7. The summed E-state index contributed by atoms with van der Waals surface area (Å²) in [6.07, 6.45) is 0.863. The van der Waals surface area contributed by atoms with Gasteiger partial charge in [-0.3, -0.25) is 4.79 Å². The van der Waals surface area contributed by atoms with Crippen molar-refractivity contribution in [1.82, 2.24) is 0 Å². The van der Waals surface area contributed by atoms with Crippen LogP contribution >= 0.6 is 0 Å². The molecule has 0 aromatic carbocycles. The smallest absolute Gasteiger partial charge is 0.303 e. The Balaban J connectivity index is 3.63. The van der Waals surface area contributed by atoms with Gasteiger partial charge >= 0.3 is 5.97 Å². The SMILES string of the molecule is CCCOC(C)(O)CCC(=O)O. The van der Waals surface area contributed by atoms with Crippen LogP contribution in [0.4, 0.5) is 0 Å². The van der Waals surface area contributed by atoms with Crippen LogP contribution in [-0.2, 0) is 9.53 Å². The molecule has 0 aromatic heterocycles. The molecule has 0 saturated carbocycles. The normalized spacial score (nSPS) is 15.6. The number of rotatable bonds is 6. The Morgan fingerprint density at radius 1 is 1.58 bits per heavy atom. The van der Waals surface area contributed by atoms with Gasteiger partial charge in [-0.05, 0) is 13.3 Å². The lowest BCUT2D eigenvalue weighted by Gasteiger charge is -2.22. The summed E-state index contributed by atoms with van der Waals surface area (Å²) in [5.74, 6) is -2.22. The zero-order chi connectivity index (χ0) is 9.61. The van der Waals surface area contributed by atoms with Crippen molar-refractivity contribution in [1.29, 1.82) is 0 Å². The highest BCUT2D eigenvalue weighted by atomic mass is 16.6. The zero-order valence-electron chi connectivity index (χ0n) is 7.54. The van der Waals surface area contributed by atoms with Crippen molar-refractivity contribution in [3.63, 3.8) is 0 Å². The maximum absolute atomic E-state index is 10.2. The van der Waals surface area contributed by atoms with Crippen molar-refractivity contribution < 1.29 is 19.7 Å². The molecule has 0 aliphatic carbocycles. The van der Waals surface area contributed by atoms with E-state index in [1.54, 1.807) is 0 Å². The molecular formula is C8H16O4. The first-order valence-corrected chi connectivity index (χ1v) is 4.06.